The van der Waals surface area contributed by atoms with Crippen LogP contribution in [0.5, 0.6) is 0 Å². The van der Waals surface area contributed by atoms with E-state index >= 15 is 0 Å². The molecule has 21 heavy (non-hydrogen) atoms. The van der Waals surface area contributed by atoms with E-state index in [0.29, 0.717) is 11.5 Å². The first kappa shape index (κ1) is 15.3. The Hall–Kier alpha value is -0.600. The summed E-state index contributed by atoms with van der Waals surface area (Å²) in [7, 11) is 0. The van der Waals surface area contributed by atoms with E-state index in [9.17, 15) is 4.39 Å². The van der Waals surface area contributed by atoms with E-state index in [0.717, 1.165) is 24.9 Å². The van der Waals surface area contributed by atoms with E-state index in [-0.39, 0.29) is 16.3 Å². The fourth-order valence-electron chi connectivity index (χ4n) is 4.09. The molecule has 0 radical (unpaired) electrons. The fraction of sp³-hybridized carbons (Fsp3) is 0.667. The summed E-state index contributed by atoms with van der Waals surface area (Å²) in [6, 6.07) is 6.12. The van der Waals surface area contributed by atoms with Crippen molar-refractivity contribution < 1.29 is 4.39 Å². The molecular formula is C18H25ClFN. The Balaban J connectivity index is 1.88. The monoisotopic (exact) mass is 309 g/mol. The minimum atomic E-state index is -0.211. The molecule has 0 aromatic heterocycles. The van der Waals surface area contributed by atoms with Crippen LogP contribution in [0.2, 0.25) is 5.02 Å². The van der Waals surface area contributed by atoms with Crippen LogP contribution in [0, 0.1) is 11.2 Å². The first-order chi connectivity index (χ1) is 10.0. The van der Waals surface area contributed by atoms with Crippen LogP contribution in [-0.4, -0.2) is 12.6 Å². The van der Waals surface area contributed by atoms with Crippen LogP contribution in [0.15, 0.2) is 18.2 Å². The van der Waals surface area contributed by atoms with E-state index < -0.39 is 0 Å². The molecule has 0 heterocycles. The molecule has 3 heteroatoms. The van der Waals surface area contributed by atoms with Crippen LogP contribution in [0.4, 0.5) is 4.39 Å². The average molecular weight is 310 g/mol. The molecule has 1 nitrogen and oxygen atoms in total. The number of nitrogens with one attached hydrogen (secondary N) is 1. The minimum Gasteiger partial charge on any atom is -0.313 e. The zero-order valence-electron chi connectivity index (χ0n) is 13.0. The SMILES string of the molecule is CCC1(CC)CC(CNC2CC2)(c2cccc(Cl)c2F)C1. The average Bonchev–Trinajstić information content (AvgIpc) is 3.26. The fourth-order valence-corrected chi connectivity index (χ4v) is 4.26. The highest BCUT2D eigenvalue weighted by Gasteiger charge is 2.54. The Labute approximate surface area is 132 Å². The molecule has 1 aromatic rings. The van der Waals surface area contributed by atoms with Crippen molar-refractivity contribution in [1.82, 2.24) is 5.32 Å². The lowest BCUT2D eigenvalue weighted by Crippen LogP contribution is -2.55. The van der Waals surface area contributed by atoms with Crippen LogP contribution in [-0.2, 0) is 5.41 Å². The second-order valence-electron chi connectivity index (χ2n) is 7.10. The molecule has 1 aromatic carbocycles. The second-order valence-corrected chi connectivity index (χ2v) is 7.50. The Bertz CT molecular complexity index is 512. The largest absolute Gasteiger partial charge is 0.313 e. The van der Waals surface area contributed by atoms with Crippen molar-refractivity contribution in [3.8, 4) is 0 Å². The van der Waals surface area contributed by atoms with E-state index in [1.54, 1.807) is 6.07 Å². The van der Waals surface area contributed by atoms with Crippen LogP contribution in [0.3, 0.4) is 0 Å². The van der Waals surface area contributed by atoms with E-state index in [2.05, 4.69) is 19.2 Å². The van der Waals surface area contributed by atoms with Crippen molar-refractivity contribution in [1.29, 1.82) is 0 Å². The van der Waals surface area contributed by atoms with Gasteiger partial charge in [0.25, 0.3) is 0 Å². The highest BCUT2D eigenvalue weighted by atomic mass is 35.5. The van der Waals surface area contributed by atoms with Gasteiger partial charge in [-0.2, -0.15) is 0 Å². The summed E-state index contributed by atoms with van der Waals surface area (Å²) < 4.78 is 14.6. The molecule has 2 aliphatic carbocycles. The molecule has 1 N–H and O–H groups in total. The van der Waals surface area contributed by atoms with Crippen LogP contribution < -0.4 is 5.32 Å². The van der Waals surface area contributed by atoms with Gasteiger partial charge in [-0.3, -0.25) is 0 Å². The topological polar surface area (TPSA) is 12.0 Å². The summed E-state index contributed by atoms with van der Waals surface area (Å²) in [6.07, 6.45) is 7.03. The van der Waals surface area contributed by atoms with Crippen LogP contribution in [0.25, 0.3) is 0 Å². The van der Waals surface area contributed by atoms with E-state index in [1.165, 1.54) is 25.7 Å². The molecule has 116 valence electrons. The highest BCUT2D eigenvalue weighted by Crippen LogP contribution is 2.59. The lowest BCUT2D eigenvalue weighted by molar-refractivity contribution is 0.0106. The summed E-state index contributed by atoms with van der Waals surface area (Å²) in [6.45, 7) is 5.41. The van der Waals surface area contributed by atoms with Crippen molar-refractivity contribution in [2.45, 2.75) is 63.8 Å². The Morgan fingerprint density at radius 2 is 1.90 bits per heavy atom. The Morgan fingerprint density at radius 3 is 2.48 bits per heavy atom. The quantitative estimate of drug-likeness (QED) is 0.773. The first-order valence-electron chi connectivity index (χ1n) is 8.22. The molecule has 0 spiro atoms. The van der Waals surface area contributed by atoms with Gasteiger partial charge in [0, 0.05) is 18.0 Å². The van der Waals surface area contributed by atoms with Crippen molar-refractivity contribution >= 4 is 11.6 Å². The number of hydrogen-bond donors (Lipinski definition) is 1. The third-order valence-corrected chi connectivity index (χ3v) is 6.05. The standard InChI is InChI=1S/C18H25ClFN/c1-3-17(4-2)10-18(11-17,12-21-13-8-9-13)14-6-5-7-15(19)16(14)20/h5-7,13,21H,3-4,8-12H2,1-2H3. The van der Waals surface area contributed by atoms with Gasteiger partial charge in [-0.1, -0.05) is 50.4 Å². The summed E-state index contributed by atoms with van der Waals surface area (Å²) in [5, 5.41) is 3.87. The van der Waals surface area contributed by atoms with Gasteiger partial charge in [-0.05, 0) is 42.7 Å². The number of rotatable bonds is 6. The predicted octanol–water partition coefficient (Wildman–Crippen LogP) is 5.07. The molecule has 2 saturated carbocycles. The molecule has 2 fully saturated rings. The van der Waals surface area contributed by atoms with Gasteiger partial charge in [0.05, 0.1) is 5.02 Å². The zero-order chi connectivity index (χ0) is 15.1. The van der Waals surface area contributed by atoms with Gasteiger partial charge >= 0.3 is 0 Å². The zero-order valence-corrected chi connectivity index (χ0v) is 13.8. The maximum atomic E-state index is 14.6. The first-order valence-corrected chi connectivity index (χ1v) is 8.60. The Morgan fingerprint density at radius 1 is 1.24 bits per heavy atom. The normalized spacial score (nSPS) is 22.9. The molecule has 0 bridgehead atoms. The van der Waals surface area contributed by atoms with Gasteiger partial charge in [0.2, 0.25) is 0 Å². The number of hydrogen-bond acceptors (Lipinski definition) is 1. The third-order valence-electron chi connectivity index (χ3n) is 5.76. The summed E-state index contributed by atoms with van der Waals surface area (Å²) in [4.78, 5) is 0. The molecule has 0 amide bonds. The van der Waals surface area contributed by atoms with Gasteiger partial charge in [0.1, 0.15) is 5.82 Å². The molecule has 2 aliphatic rings. The maximum Gasteiger partial charge on any atom is 0.145 e. The highest BCUT2D eigenvalue weighted by molar-refractivity contribution is 6.30. The van der Waals surface area contributed by atoms with Gasteiger partial charge in [-0.15, -0.1) is 0 Å². The smallest absolute Gasteiger partial charge is 0.145 e. The molecular weight excluding hydrogens is 285 g/mol. The summed E-state index contributed by atoms with van der Waals surface area (Å²) in [5.74, 6) is -0.211. The molecule has 3 rings (SSSR count). The molecule has 0 unspecified atom stereocenters. The van der Waals surface area contributed by atoms with Gasteiger partial charge < -0.3 is 5.32 Å². The maximum absolute atomic E-state index is 14.6. The van der Waals surface area contributed by atoms with Crippen molar-refractivity contribution in [3.63, 3.8) is 0 Å². The lowest BCUT2D eigenvalue weighted by Gasteiger charge is -2.57. The van der Waals surface area contributed by atoms with Crippen molar-refractivity contribution in [2.24, 2.45) is 5.41 Å². The predicted molar refractivity (Wildman–Crippen MR) is 86.4 cm³/mol. The van der Waals surface area contributed by atoms with Gasteiger partial charge in [0.15, 0.2) is 0 Å². The van der Waals surface area contributed by atoms with E-state index in [4.69, 9.17) is 11.6 Å². The molecule has 0 saturated heterocycles. The Kier molecular flexibility index (Phi) is 4.04. The summed E-state index contributed by atoms with van der Waals surface area (Å²) >= 11 is 6.02. The lowest BCUT2D eigenvalue weighted by atomic mass is 9.48. The van der Waals surface area contributed by atoms with Crippen LogP contribution >= 0.6 is 11.6 Å². The van der Waals surface area contributed by atoms with Crippen molar-refractivity contribution in [2.75, 3.05) is 6.54 Å². The van der Waals surface area contributed by atoms with Gasteiger partial charge in [-0.25, -0.2) is 4.39 Å². The number of halogens is 2. The second kappa shape index (κ2) is 5.55. The number of benzene rings is 1. The summed E-state index contributed by atoms with van der Waals surface area (Å²) in [5.41, 5.74) is 1.14. The molecule has 0 aliphatic heterocycles. The van der Waals surface area contributed by atoms with E-state index in [1.807, 2.05) is 12.1 Å². The third kappa shape index (κ3) is 2.73. The van der Waals surface area contributed by atoms with Crippen LogP contribution in [0.1, 0.15) is 57.9 Å². The minimum absolute atomic E-state index is 0.0659. The molecule has 0 atom stereocenters. The van der Waals surface area contributed by atoms with Crippen molar-refractivity contribution in [3.05, 3.63) is 34.6 Å².